The summed E-state index contributed by atoms with van der Waals surface area (Å²) in [6, 6.07) is -0.289. The minimum atomic E-state index is -0.857. The molecule has 0 aromatic carbocycles. The lowest BCUT2D eigenvalue weighted by Gasteiger charge is -2.42. The van der Waals surface area contributed by atoms with Gasteiger partial charge in [-0.05, 0) is 31.1 Å². The first kappa shape index (κ1) is 15.8. The molecule has 1 N–H and O–H groups in total. The summed E-state index contributed by atoms with van der Waals surface area (Å²) >= 11 is 0. The van der Waals surface area contributed by atoms with Crippen molar-refractivity contribution in [3.05, 3.63) is 0 Å². The zero-order valence-electron chi connectivity index (χ0n) is 13.2. The molecule has 1 heterocycles. The number of morpholine rings is 1. The van der Waals surface area contributed by atoms with Crippen molar-refractivity contribution in [1.29, 1.82) is 0 Å². The number of carbonyl (C=O) groups is 2. The van der Waals surface area contributed by atoms with Crippen molar-refractivity contribution in [1.82, 2.24) is 4.90 Å². The SMILES string of the molecule is O=C(O)CC1COCCN1C(=O)C1CCC2CCCCC2C1. The van der Waals surface area contributed by atoms with Gasteiger partial charge in [0.25, 0.3) is 0 Å². The number of amides is 1. The van der Waals surface area contributed by atoms with E-state index in [1.807, 2.05) is 0 Å². The smallest absolute Gasteiger partial charge is 0.305 e. The van der Waals surface area contributed by atoms with Gasteiger partial charge in [-0.25, -0.2) is 0 Å². The molecule has 3 aliphatic rings. The van der Waals surface area contributed by atoms with Crippen LogP contribution in [0.3, 0.4) is 0 Å². The second-order valence-electron chi connectivity index (χ2n) is 7.17. The summed E-state index contributed by atoms with van der Waals surface area (Å²) < 4.78 is 5.38. The lowest BCUT2D eigenvalue weighted by molar-refractivity contribution is -0.150. The van der Waals surface area contributed by atoms with E-state index >= 15 is 0 Å². The van der Waals surface area contributed by atoms with Gasteiger partial charge in [-0.15, -0.1) is 0 Å². The van der Waals surface area contributed by atoms with Gasteiger partial charge in [-0.2, -0.15) is 0 Å². The Morgan fingerprint density at radius 2 is 1.86 bits per heavy atom. The zero-order chi connectivity index (χ0) is 15.5. The molecule has 4 atom stereocenters. The molecule has 3 rings (SSSR count). The summed E-state index contributed by atoms with van der Waals surface area (Å²) in [5, 5.41) is 9.04. The fourth-order valence-corrected chi connectivity index (χ4v) is 4.65. The molecule has 2 aliphatic carbocycles. The number of hydrogen-bond donors (Lipinski definition) is 1. The van der Waals surface area contributed by atoms with Gasteiger partial charge in [0.1, 0.15) is 0 Å². The fourth-order valence-electron chi connectivity index (χ4n) is 4.65. The summed E-state index contributed by atoms with van der Waals surface area (Å²) in [6.45, 7) is 1.43. The summed E-state index contributed by atoms with van der Waals surface area (Å²) in [6.07, 6.45) is 8.43. The van der Waals surface area contributed by atoms with E-state index in [9.17, 15) is 9.59 Å². The molecule has 1 amide bonds. The number of hydrogen-bond acceptors (Lipinski definition) is 3. The summed E-state index contributed by atoms with van der Waals surface area (Å²) in [7, 11) is 0. The Balaban J connectivity index is 1.62. The van der Waals surface area contributed by atoms with Crippen LogP contribution in [0.1, 0.15) is 51.4 Å². The second-order valence-corrected chi connectivity index (χ2v) is 7.17. The predicted molar refractivity (Wildman–Crippen MR) is 81.4 cm³/mol. The Kier molecular flexibility index (Phi) is 5.01. The maximum absolute atomic E-state index is 12.9. The molecule has 5 nitrogen and oxygen atoms in total. The van der Waals surface area contributed by atoms with E-state index in [-0.39, 0.29) is 24.3 Å². The predicted octanol–water partition coefficient (Wildman–Crippen LogP) is 2.29. The highest BCUT2D eigenvalue weighted by Gasteiger charge is 2.39. The van der Waals surface area contributed by atoms with Crippen LogP contribution in [0.2, 0.25) is 0 Å². The minimum Gasteiger partial charge on any atom is -0.481 e. The maximum atomic E-state index is 12.9. The van der Waals surface area contributed by atoms with E-state index in [0.29, 0.717) is 19.8 Å². The molecule has 2 saturated carbocycles. The van der Waals surface area contributed by atoms with Crippen LogP contribution in [0.5, 0.6) is 0 Å². The van der Waals surface area contributed by atoms with Crippen molar-refractivity contribution in [3.63, 3.8) is 0 Å². The van der Waals surface area contributed by atoms with Gasteiger partial charge in [-0.3, -0.25) is 9.59 Å². The van der Waals surface area contributed by atoms with Gasteiger partial charge in [0.2, 0.25) is 5.91 Å². The van der Waals surface area contributed by atoms with Gasteiger partial charge in [0.15, 0.2) is 0 Å². The zero-order valence-corrected chi connectivity index (χ0v) is 13.2. The maximum Gasteiger partial charge on any atom is 0.305 e. The largest absolute Gasteiger partial charge is 0.481 e. The normalized spacial score (nSPS) is 35.7. The number of carbonyl (C=O) groups excluding carboxylic acids is 1. The quantitative estimate of drug-likeness (QED) is 0.868. The number of carboxylic acids is 1. The van der Waals surface area contributed by atoms with Crippen LogP contribution in [-0.2, 0) is 14.3 Å². The third-order valence-electron chi connectivity index (χ3n) is 5.81. The Hall–Kier alpha value is -1.10. The van der Waals surface area contributed by atoms with Gasteiger partial charge in [0.05, 0.1) is 25.7 Å². The monoisotopic (exact) mass is 309 g/mol. The van der Waals surface area contributed by atoms with Gasteiger partial charge in [0, 0.05) is 12.5 Å². The molecule has 22 heavy (non-hydrogen) atoms. The van der Waals surface area contributed by atoms with Crippen LogP contribution in [-0.4, -0.2) is 47.7 Å². The Morgan fingerprint density at radius 1 is 1.09 bits per heavy atom. The van der Waals surface area contributed by atoms with E-state index in [0.717, 1.165) is 24.7 Å². The van der Waals surface area contributed by atoms with Crippen molar-refractivity contribution < 1.29 is 19.4 Å². The molecule has 0 radical (unpaired) electrons. The molecule has 0 aromatic rings. The first-order valence-electron chi connectivity index (χ1n) is 8.75. The molecule has 1 saturated heterocycles. The van der Waals surface area contributed by atoms with Crippen LogP contribution in [0.4, 0.5) is 0 Å². The summed E-state index contributed by atoms with van der Waals surface area (Å²) in [5.41, 5.74) is 0. The van der Waals surface area contributed by atoms with Crippen LogP contribution in [0.25, 0.3) is 0 Å². The number of rotatable bonds is 3. The highest BCUT2D eigenvalue weighted by Crippen LogP contribution is 2.43. The topological polar surface area (TPSA) is 66.8 Å². The standard InChI is InChI=1S/C17H27NO4/c19-16(20)10-15-11-22-8-7-18(15)17(21)14-6-5-12-3-1-2-4-13(12)9-14/h12-15H,1-11H2,(H,19,20). The third kappa shape index (κ3) is 3.45. The molecule has 3 fully saturated rings. The number of nitrogens with zero attached hydrogens (tertiary/aromatic N) is 1. The Bertz CT molecular complexity index is 425. The molecule has 0 bridgehead atoms. The molecule has 0 aromatic heterocycles. The molecule has 0 spiro atoms. The lowest BCUT2D eigenvalue weighted by Crippen LogP contribution is -2.52. The average Bonchev–Trinajstić information content (AvgIpc) is 2.54. The molecule has 124 valence electrons. The Labute approximate surface area is 132 Å². The molecular formula is C17H27NO4. The van der Waals surface area contributed by atoms with E-state index in [1.165, 1.54) is 32.1 Å². The van der Waals surface area contributed by atoms with Crippen LogP contribution in [0, 0.1) is 17.8 Å². The van der Waals surface area contributed by atoms with Gasteiger partial charge < -0.3 is 14.7 Å². The van der Waals surface area contributed by atoms with Crippen molar-refractivity contribution in [2.75, 3.05) is 19.8 Å². The fraction of sp³-hybridized carbons (Fsp3) is 0.882. The Morgan fingerprint density at radius 3 is 2.64 bits per heavy atom. The summed E-state index contributed by atoms with van der Waals surface area (Å²) in [5.74, 6) is 0.976. The number of carboxylic acid groups (broad SMARTS) is 1. The van der Waals surface area contributed by atoms with Crippen LogP contribution >= 0.6 is 0 Å². The first-order valence-corrected chi connectivity index (χ1v) is 8.75. The first-order chi connectivity index (χ1) is 10.6. The highest BCUT2D eigenvalue weighted by molar-refractivity contribution is 5.80. The molecule has 1 aliphatic heterocycles. The van der Waals surface area contributed by atoms with E-state index in [4.69, 9.17) is 9.84 Å². The summed E-state index contributed by atoms with van der Waals surface area (Å²) in [4.78, 5) is 25.7. The molecular weight excluding hydrogens is 282 g/mol. The average molecular weight is 309 g/mol. The number of aliphatic carboxylic acids is 1. The highest BCUT2D eigenvalue weighted by atomic mass is 16.5. The van der Waals surface area contributed by atoms with E-state index in [1.54, 1.807) is 4.90 Å². The van der Waals surface area contributed by atoms with Crippen LogP contribution in [0.15, 0.2) is 0 Å². The van der Waals surface area contributed by atoms with E-state index < -0.39 is 5.97 Å². The lowest BCUT2D eigenvalue weighted by atomic mass is 9.67. The van der Waals surface area contributed by atoms with Gasteiger partial charge >= 0.3 is 5.97 Å². The van der Waals surface area contributed by atoms with Gasteiger partial charge in [-0.1, -0.05) is 25.7 Å². The van der Waals surface area contributed by atoms with Crippen molar-refractivity contribution in [2.24, 2.45) is 17.8 Å². The van der Waals surface area contributed by atoms with Crippen molar-refractivity contribution >= 4 is 11.9 Å². The third-order valence-corrected chi connectivity index (χ3v) is 5.81. The minimum absolute atomic E-state index is 0.00941. The van der Waals surface area contributed by atoms with Crippen molar-refractivity contribution in [3.8, 4) is 0 Å². The number of fused-ring (bicyclic) bond motifs is 1. The van der Waals surface area contributed by atoms with E-state index in [2.05, 4.69) is 0 Å². The number of ether oxygens (including phenoxy) is 1. The molecule has 4 unspecified atom stereocenters. The second kappa shape index (κ2) is 6.99. The van der Waals surface area contributed by atoms with Crippen molar-refractivity contribution in [2.45, 2.75) is 57.4 Å². The molecule has 5 heteroatoms. The van der Waals surface area contributed by atoms with Crippen LogP contribution < -0.4 is 0 Å².